The number of benzene rings is 1. The van der Waals surface area contributed by atoms with Gasteiger partial charge < -0.3 is 5.73 Å². The molecule has 0 atom stereocenters. The first kappa shape index (κ1) is 16.3. The highest BCUT2D eigenvalue weighted by Crippen LogP contribution is 2.36. The van der Waals surface area contributed by atoms with Crippen molar-refractivity contribution in [3.05, 3.63) is 41.3 Å². The van der Waals surface area contributed by atoms with Gasteiger partial charge in [-0.15, -0.1) is 0 Å². The van der Waals surface area contributed by atoms with Crippen LogP contribution in [0.5, 0.6) is 0 Å². The molecule has 111 valence electrons. The molecule has 0 saturated heterocycles. The average Bonchev–Trinajstić information content (AvgIpc) is 2.25. The lowest BCUT2D eigenvalue weighted by Crippen LogP contribution is -2.13. The van der Waals surface area contributed by atoms with E-state index in [-0.39, 0.29) is 24.5 Å². The molecule has 0 aliphatic carbocycles. The number of amides is 1. The Labute approximate surface area is 110 Å². The molecule has 0 aromatic heterocycles. The van der Waals surface area contributed by atoms with Gasteiger partial charge in [-0.2, -0.15) is 26.3 Å². The van der Waals surface area contributed by atoms with Gasteiger partial charge in [-0.05, 0) is 36.6 Å². The van der Waals surface area contributed by atoms with Crippen LogP contribution in [0.25, 0.3) is 0 Å². The minimum atomic E-state index is -4.88. The molecule has 0 spiro atoms. The van der Waals surface area contributed by atoms with Crippen LogP contribution in [-0.2, 0) is 23.6 Å². The van der Waals surface area contributed by atoms with Crippen molar-refractivity contribution in [1.82, 2.24) is 0 Å². The second-order valence-electron chi connectivity index (χ2n) is 4.08. The number of hydrogen-bond acceptors (Lipinski definition) is 1. The first-order valence-electron chi connectivity index (χ1n) is 5.38. The lowest BCUT2D eigenvalue weighted by molar-refractivity contribution is -0.143. The third-order valence-corrected chi connectivity index (χ3v) is 2.37. The van der Waals surface area contributed by atoms with E-state index in [0.717, 1.165) is 0 Å². The summed E-state index contributed by atoms with van der Waals surface area (Å²) in [4.78, 5) is 10.5. The fourth-order valence-electron chi connectivity index (χ4n) is 1.52. The highest BCUT2D eigenvalue weighted by Gasteiger charge is 2.36. The molecular weight excluding hydrogens is 288 g/mol. The van der Waals surface area contributed by atoms with Crippen LogP contribution in [0.3, 0.4) is 0 Å². The van der Waals surface area contributed by atoms with Crippen LogP contribution < -0.4 is 5.73 Å². The van der Waals surface area contributed by atoms with Crippen molar-refractivity contribution < 1.29 is 31.1 Å². The number of carbonyl (C=O) groups is 1. The van der Waals surface area contributed by atoms with Crippen LogP contribution in [-0.4, -0.2) is 5.91 Å². The molecule has 0 saturated carbocycles. The molecule has 0 unspecified atom stereocenters. The van der Waals surface area contributed by atoms with E-state index >= 15 is 0 Å². The van der Waals surface area contributed by atoms with E-state index in [0.29, 0.717) is 12.1 Å². The number of carbonyl (C=O) groups excluding carboxylic acids is 1. The largest absolute Gasteiger partial charge is 0.416 e. The van der Waals surface area contributed by atoms with E-state index in [4.69, 9.17) is 5.73 Å². The van der Waals surface area contributed by atoms with Crippen LogP contribution in [0.2, 0.25) is 0 Å². The molecule has 0 aliphatic heterocycles. The summed E-state index contributed by atoms with van der Waals surface area (Å²) in [5.41, 5.74) is 1.88. The summed E-state index contributed by atoms with van der Waals surface area (Å²) in [6.07, 6.45) is -8.97. The van der Waals surface area contributed by atoms with Gasteiger partial charge in [0.1, 0.15) is 0 Å². The van der Waals surface area contributed by atoms with Gasteiger partial charge in [-0.1, -0.05) is 0 Å². The highest BCUT2D eigenvalue weighted by molar-refractivity contribution is 5.74. The van der Waals surface area contributed by atoms with Gasteiger partial charge in [0.15, 0.2) is 0 Å². The molecular formula is C12H10F6NO. The monoisotopic (exact) mass is 298 g/mol. The Morgan fingerprint density at radius 3 is 1.80 bits per heavy atom. The summed E-state index contributed by atoms with van der Waals surface area (Å²) in [6, 6.07) is 1.29. The molecule has 20 heavy (non-hydrogen) atoms. The zero-order valence-electron chi connectivity index (χ0n) is 9.98. The van der Waals surface area contributed by atoms with Crippen LogP contribution >= 0.6 is 0 Å². The highest BCUT2D eigenvalue weighted by atomic mass is 19.4. The lowest BCUT2D eigenvalue weighted by atomic mass is 10.0. The lowest BCUT2D eigenvalue weighted by Gasteiger charge is -2.14. The van der Waals surface area contributed by atoms with E-state index in [1.54, 1.807) is 0 Å². The summed E-state index contributed by atoms with van der Waals surface area (Å²) in [5.74, 6) is -0.715. The molecule has 0 fully saturated rings. The Hall–Kier alpha value is -1.73. The Morgan fingerprint density at radius 1 is 1.00 bits per heavy atom. The van der Waals surface area contributed by atoms with Gasteiger partial charge in [-0.25, -0.2) is 0 Å². The molecule has 1 rings (SSSR count). The van der Waals surface area contributed by atoms with Crippen molar-refractivity contribution >= 4 is 5.91 Å². The number of halogens is 6. The predicted octanol–water partition coefficient (Wildman–Crippen LogP) is 3.35. The maximum absolute atomic E-state index is 12.5. The van der Waals surface area contributed by atoms with Crippen molar-refractivity contribution in [3.8, 4) is 0 Å². The maximum Gasteiger partial charge on any atom is 0.416 e. The SMILES string of the molecule is NC(=O)C[CH]Cc1cc(C(F)(F)F)cc(C(F)(F)F)c1. The molecule has 8 heteroatoms. The normalized spacial score (nSPS) is 12.5. The summed E-state index contributed by atoms with van der Waals surface area (Å²) in [7, 11) is 0. The summed E-state index contributed by atoms with van der Waals surface area (Å²) in [6.45, 7) is 0. The van der Waals surface area contributed by atoms with Crippen LogP contribution in [0.15, 0.2) is 18.2 Å². The number of nitrogens with two attached hydrogens (primary N) is 1. The fourth-order valence-corrected chi connectivity index (χ4v) is 1.52. The Kier molecular flexibility index (Phi) is 4.67. The first-order valence-corrected chi connectivity index (χ1v) is 5.38. The summed E-state index contributed by atoms with van der Waals surface area (Å²) < 4.78 is 75.2. The molecule has 1 aromatic carbocycles. The molecule has 2 N–H and O–H groups in total. The topological polar surface area (TPSA) is 43.1 Å². The summed E-state index contributed by atoms with van der Waals surface area (Å²) in [5, 5.41) is 0. The molecule has 1 amide bonds. The van der Waals surface area contributed by atoms with Gasteiger partial charge in [0, 0.05) is 6.42 Å². The second-order valence-corrected chi connectivity index (χ2v) is 4.08. The van der Waals surface area contributed by atoms with E-state index < -0.39 is 29.4 Å². The van der Waals surface area contributed by atoms with E-state index in [1.165, 1.54) is 6.42 Å². The molecule has 0 heterocycles. The Morgan fingerprint density at radius 2 is 1.45 bits per heavy atom. The Bertz CT molecular complexity index is 459. The van der Waals surface area contributed by atoms with Crippen LogP contribution in [0, 0.1) is 6.42 Å². The third-order valence-electron chi connectivity index (χ3n) is 2.37. The third kappa shape index (κ3) is 4.75. The van der Waals surface area contributed by atoms with Gasteiger partial charge in [0.05, 0.1) is 11.1 Å². The van der Waals surface area contributed by atoms with Gasteiger partial charge >= 0.3 is 12.4 Å². The van der Waals surface area contributed by atoms with Gasteiger partial charge in [0.25, 0.3) is 0 Å². The summed E-state index contributed by atoms with van der Waals surface area (Å²) >= 11 is 0. The van der Waals surface area contributed by atoms with E-state index in [1.807, 2.05) is 0 Å². The Balaban J connectivity index is 3.08. The molecule has 0 aliphatic rings. The molecule has 1 aromatic rings. The smallest absolute Gasteiger partial charge is 0.370 e. The fraction of sp³-hybridized carbons (Fsp3) is 0.333. The van der Waals surface area contributed by atoms with Crippen molar-refractivity contribution in [3.63, 3.8) is 0 Å². The minimum Gasteiger partial charge on any atom is -0.370 e. The molecule has 0 bridgehead atoms. The number of hydrogen-bond donors (Lipinski definition) is 1. The number of alkyl halides is 6. The van der Waals surface area contributed by atoms with Crippen molar-refractivity contribution in [2.75, 3.05) is 0 Å². The standard InChI is InChI=1S/C12H10F6NO/c13-11(14,15)8-4-7(2-1-3-10(19)20)5-9(6-8)12(16,17)18/h1,4-6H,2-3H2,(H2,19,20). The zero-order chi connectivity index (χ0) is 15.6. The van der Waals surface area contributed by atoms with Gasteiger partial charge in [-0.3, -0.25) is 4.79 Å². The van der Waals surface area contributed by atoms with Crippen LogP contribution in [0.4, 0.5) is 26.3 Å². The zero-order valence-corrected chi connectivity index (χ0v) is 9.98. The van der Waals surface area contributed by atoms with Crippen LogP contribution in [0.1, 0.15) is 23.1 Å². The number of rotatable bonds is 4. The van der Waals surface area contributed by atoms with E-state index in [9.17, 15) is 31.1 Å². The van der Waals surface area contributed by atoms with Gasteiger partial charge in [0.2, 0.25) is 5.91 Å². The predicted molar refractivity (Wildman–Crippen MR) is 58.3 cm³/mol. The maximum atomic E-state index is 12.5. The molecule has 2 nitrogen and oxygen atoms in total. The van der Waals surface area contributed by atoms with Crippen molar-refractivity contribution in [1.29, 1.82) is 0 Å². The first-order chi connectivity index (χ1) is 9.00. The number of primary amides is 1. The van der Waals surface area contributed by atoms with E-state index in [2.05, 4.69) is 0 Å². The second kappa shape index (κ2) is 5.72. The molecule has 1 radical (unpaired) electrons. The minimum absolute atomic E-state index is 0.0532. The van der Waals surface area contributed by atoms with Crippen molar-refractivity contribution in [2.24, 2.45) is 5.73 Å². The van der Waals surface area contributed by atoms with Crippen molar-refractivity contribution in [2.45, 2.75) is 25.2 Å². The quantitative estimate of drug-likeness (QED) is 0.851. The average molecular weight is 298 g/mol.